The zero-order valence-electron chi connectivity index (χ0n) is 25.3. The molecule has 0 aliphatic carbocycles. The number of rotatable bonds is 11. The summed E-state index contributed by atoms with van der Waals surface area (Å²) in [6.07, 6.45) is -1.55. The third-order valence-electron chi connectivity index (χ3n) is 7.88. The molecule has 1 saturated heterocycles. The predicted molar refractivity (Wildman–Crippen MR) is 160 cm³/mol. The minimum atomic E-state index is -3.87. The molecule has 0 bridgehead atoms. The van der Waals surface area contributed by atoms with Gasteiger partial charge in [-0.1, -0.05) is 32.0 Å². The molecule has 242 valence electrons. The van der Waals surface area contributed by atoms with Gasteiger partial charge in [0.05, 0.1) is 17.0 Å². The highest BCUT2D eigenvalue weighted by molar-refractivity contribution is 7.92. The summed E-state index contributed by atoms with van der Waals surface area (Å²) < 4.78 is 76.7. The van der Waals surface area contributed by atoms with Crippen LogP contribution in [0.15, 0.2) is 65.6 Å². The lowest BCUT2D eigenvalue weighted by Crippen LogP contribution is -2.50. The smallest absolute Gasteiger partial charge is 0.409 e. The third-order valence-corrected chi connectivity index (χ3v) is 10.2. The summed E-state index contributed by atoms with van der Waals surface area (Å²) in [6.45, 7) is 7.03. The van der Waals surface area contributed by atoms with Gasteiger partial charge in [-0.3, -0.25) is 10.2 Å². The highest BCUT2D eigenvalue weighted by Gasteiger charge is 2.50. The average molecular weight is 647 g/mol. The maximum Gasteiger partial charge on any atom is 0.409 e. The number of halogens is 2. The Balaban J connectivity index is 1.30. The number of fused-ring (bicyclic) bond motifs is 1. The topological polar surface area (TPSA) is 124 Å². The summed E-state index contributed by atoms with van der Waals surface area (Å²) in [5.74, 6) is -0.889. The number of ether oxygens (including phenoxy) is 4. The van der Waals surface area contributed by atoms with Crippen molar-refractivity contribution in [1.29, 1.82) is 0 Å². The third kappa shape index (κ3) is 7.00. The monoisotopic (exact) mass is 646 g/mol. The molecule has 1 fully saturated rings. The molecular formula is C32H36F2N2O8S. The van der Waals surface area contributed by atoms with Crippen molar-refractivity contribution >= 4 is 15.9 Å². The van der Waals surface area contributed by atoms with Crippen LogP contribution in [0.2, 0.25) is 0 Å². The van der Waals surface area contributed by atoms with Gasteiger partial charge in [0, 0.05) is 12.6 Å². The minimum absolute atomic E-state index is 0.0218. The number of sulfone groups is 1. The van der Waals surface area contributed by atoms with Crippen molar-refractivity contribution < 1.29 is 46.0 Å². The van der Waals surface area contributed by atoms with Crippen LogP contribution in [-0.2, 0) is 27.6 Å². The fourth-order valence-electron chi connectivity index (χ4n) is 5.74. The first-order valence-electron chi connectivity index (χ1n) is 14.5. The maximum absolute atomic E-state index is 13.7. The molecule has 0 aromatic heterocycles. The number of nitrogens with one attached hydrogen (secondary N) is 1. The molecule has 3 atom stereocenters. The Morgan fingerprint density at radius 2 is 1.71 bits per heavy atom. The number of benzene rings is 3. The van der Waals surface area contributed by atoms with Crippen molar-refractivity contribution in [3.05, 3.63) is 83.4 Å². The highest BCUT2D eigenvalue weighted by Crippen LogP contribution is 2.37. The Morgan fingerprint density at radius 3 is 2.38 bits per heavy atom. The van der Waals surface area contributed by atoms with Gasteiger partial charge in [-0.05, 0) is 73.7 Å². The van der Waals surface area contributed by atoms with E-state index in [1.807, 2.05) is 0 Å². The summed E-state index contributed by atoms with van der Waals surface area (Å²) in [7, 11) is -3.87. The molecule has 2 N–H and O–H groups in total. The number of hydrogen-bond donors (Lipinski definition) is 2. The van der Waals surface area contributed by atoms with E-state index in [0.29, 0.717) is 22.8 Å². The van der Waals surface area contributed by atoms with Crippen LogP contribution in [0.4, 0.5) is 13.6 Å². The minimum Gasteiger partial charge on any atom is -0.489 e. The number of nitrogens with zero attached hydrogens (tertiary/aromatic N) is 1. The van der Waals surface area contributed by atoms with Gasteiger partial charge < -0.3 is 24.1 Å². The Hall–Kier alpha value is -3.94. The number of hydrogen-bond acceptors (Lipinski definition) is 8. The molecule has 0 radical (unpaired) electrons. The first-order valence-corrected chi connectivity index (χ1v) is 16.0. The van der Waals surface area contributed by atoms with E-state index in [2.05, 4.69) is 5.32 Å². The SMILES string of the molecule is CC(C)C(NC[C@H]1OC(C)(C)N(C(=O)O)[C@H]1Cc1ccc(OCc2ccc(F)c(F)c2)cc1)S(=O)(=O)c1ccc2c(c1)OCO2. The summed E-state index contributed by atoms with van der Waals surface area (Å²) in [5, 5.41) is 12.3. The van der Waals surface area contributed by atoms with Gasteiger partial charge in [0.15, 0.2) is 33.0 Å². The Kier molecular flexibility index (Phi) is 9.24. The van der Waals surface area contributed by atoms with E-state index < -0.39 is 50.8 Å². The van der Waals surface area contributed by atoms with Gasteiger partial charge in [-0.15, -0.1) is 0 Å². The van der Waals surface area contributed by atoms with E-state index in [-0.39, 0.29) is 37.2 Å². The van der Waals surface area contributed by atoms with Gasteiger partial charge in [-0.2, -0.15) is 0 Å². The van der Waals surface area contributed by atoms with E-state index in [1.165, 1.54) is 23.1 Å². The lowest BCUT2D eigenvalue weighted by Gasteiger charge is -2.31. The molecule has 0 spiro atoms. The van der Waals surface area contributed by atoms with Gasteiger partial charge in [0.1, 0.15) is 23.5 Å². The molecule has 3 aromatic rings. The van der Waals surface area contributed by atoms with Gasteiger partial charge in [0.25, 0.3) is 0 Å². The van der Waals surface area contributed by atoms with Crippen molar-refractivity contribution in [2.75, 3.05) is 13.3 Å². The van der Waals surface area contributed by atoms with Crippen LogP contribution in [0, 0.1) is 17.6 Å². The van der Waals surface area contributed by atoms with Crippen molar-refractivity contribution in [2.45, 2.75) is 68.9 Å². The summed E-state index contributed by atoms with van der Waals surface area (Å²) in [4.78, 5) is 13.7. The highest BCUT2D eigenvalue weighted by atomic mass is 32.2. The summed E-state index contributed by atoms with van der Waals surface area (Å²) in [6, 6.07) is 14.4. The second kappa shape index (κ2) is 12.8. The zero-order chi connectivity index (χ0) is 32.5. The first-order chi connectivity index (χ1) is 21.3. The lowest BCUT2D eigenvalue weighted by molar-refractivity contribution is -0.0657. The molecule has 3 aromatic carbocycles. The van der Waals surface area contributed by atoms with Crippen molar-refractivity contribution in [1.82, 2.24) is 10.2 Å². The van der Waals surface area contributed by atoms with Crippen molar-refractivity contribution in [3.63, 3.8) is 0 Å². The fraction of sp³-hybridized carbons (Fsp3) is 0.406. The molecular weight excluding hydrogens is 610 g/mol. The van der Waals surface area contributed by atoms with Crippen LogP contribution < -0.4 is 19.5 Å². The lowest BCUT2D eigenvalue weighted by atomic mass is 10.00. The second-order valence-electron chi connectivity index (χ2n) is 11.8. The van der Waals surface area contributed by atoms with Crippen LogP contribution in [-0.4, -0.2) is 61.1 Å². The number of carbonyl (C=O) groups is 1. The van der Waals surface area contributed by atoms with E-state index in [9.17, 15) is 27.1 Å². The fourth-order valence-corrected chi connectivity index (χ4v) is 7.59. The van der Waals surface area contributed by atoms with Gasteiger partial charge in [-0.25, -0.2) is 22.0 Å². The van der Waals surface area contributed by atoms with Gasteiger partial charge in [0.2, 0.25) is 6.79 Å². The van der Waals surface area contributed by atoms with Crippen LogP contribution in [0.25, 0.3) is 0 Å². The van der Waals surface area contributed by atoms with E-state index in [4.69, 9.17) is 18.9 Å². The molecule has 2 aliphatic heterocycles. The normalized spacial score (nSPS) is 19.6. The quantitative estimate of drug-likeness (QED) is 0.284. The standard InChI is InChI=1S/C32H36F2N2O8S/c1-19(2)30(45(39,40)23-10-12-27-28(15-23)43-18-42-27)35-16-29-26(36(31(37)38)32(3,4)44-29)14-20-5-8-22(9-6-20)41-17-21-7-11-24(33)25(34)13-21/h5-13,15,19,26,29-30,35H,14,16-18H2,1-4H3,(H,37,38)/t26-,29+,30?/m0/s1. The van der Waals surface area contributed by atoms with Crippen LogP contribution in [0.1, 0.15) is 38.8 Å². The van der Waals surface area contributed by atoms with E-state index in [0.717, 1.165) is 17.7 Å². The van der Waals surface area contributed by atoms with Crippen LogP contribution in [0.3, 0.4) is 0 Å². The van der Waals surface area contributed by atoms with Crippen molar-refractivity contribution in [3.8, 4) is 17.2 Å². The van der Waals surface area contributed by atoms with E-state index in [1.54, 1.807) is 58.0 Å². The predicted octanol–water partition coefficient (Wildman–Crippen LogP) is 5.34. The van der Waals surface area contributed by atoms with Gasteiger partial charge >= 0.3 is 6.09 Å². The molecule has 1 unspecified atom stereocenters. The van der Waals surface area contributed by atoms with E-state index >= 15 is 0 Å². The molecule has 0 saturated carbocycles. The molecule has 5 rings (SSSR count). The first kappa shape index (κ1) is 32.5. The second-order valence-corrected chi connectivity index (χ2v) is 13.9. The molecule has 1 amide bonds. The van der Waals surface area contributed by atoms with Crippen LogP contribution >= 0.6 is 0 Å². The summed E-state index contributed by atoms with van der Waals surface area (Å²) in [5.41, 5.74) is 0.0990. The molecule has 2 aliphatic rings. The molecule has 2 heterocycles. The Labute approximate surface area is 260 Å². The average Bonchev–Trinajstić information content (AvgIpc) is 3.55. The molecule has 45 heavy (non-hydrogen) atoms. The molecule has 10 nitrogen and oxygen atoms in total. The summed E-state index contributed by atoms with van der Waals surface area (Å²) >= 11 is 0. The number of amides is 1. The van der Waals surface area contributed by atoms with Crippen molar-refractivity contribution in [2.24, 2.45) is 5.92 Å². The Bertz CT molecular complexity index is 1650. The van der Waals surface area contributed by atoms with Crippen LogP contribution in [0.5, 0.6) is 17.2 Å². The maximum atomic E-state index is 13.7. The Morgan fingerprint density at radius 1 is 1.02 bits per heavy atom. The number of carboxylic acid groups (broad SMARTS) is 1. The largest absolute Gasteiger partial charge is 0.489 e. The molecule has 13 heteroatoms. The zero-order valence-corrected chi connectivity index (χ0v) is 26.1.